The number of nitrogens with zero attached hydrogens (tertiary/aromatic N) is 2. The fraction of sp³-hybridized carbons (Fsp3) is 0.364. The Bertz CT molecular complexity index is 820. The lowest BCUT2D eigenvalue weighted by Gasteiger charge is -2.29. The van der Waals surface area contributed by atoms with Gasteiger partial charge in [0.2, 0.25) is 5.91 Å². The standard InChI is InChI=1S/C22H27FN4O/c1-24-22(26-15-17-8-10-20(23)11-9-17)25-13-4-7-21(28)27-14-12-18-5-2-3-6-19(18)16-27/h2-3,5-6,8-11H,4,7,12-16H2,1H3,(H2,24,25,26). The molecule has 0 aliphatic carbocycles. The molecule has 2 aromatic carbocycles. The molecular weight excluding hydrogens is 355 g/mol. The molecule has 28 heavy (non-hydrogen) atoms. The molecule has 1 heterocycles. The lowest BCUT2D eigenvalue weighted by atomic mass is 9.99. The number of hydrogen-bond acceptors (Lipinski definition) is 2. The van der Waals surface area contributed by atoms with E-state index in [9.17, 15) is 9.18 Å². The average molecular weight is 382 g/mol. The summed E-state index contributed by atoms with van der Waals surface area (Å²) in [7, 11) is 1.70. The maximum Gasteiger partial charge on any atom is 0.222 e. The van der Waals surface area contributed by atoms with E-state index in [1.165, 1.54) is 23.3 Å². The van der Waals surface area contributed by atoms with Crippen molar-refractivity contribution in [1.29, 1.82) is 0 Å². The maximum atomic E-state index is 12.9. The predicted molar refractivity (Wildman–Crippen MR) is 109 cm³/mol. The van der Waals surface area contributed by atoms with E-state index in [1.54, 1.807) is 19.2 Å². The number of aliphatic imine (C=N–C) groups is 1. The summed E-state index contributed by atoms with van der Waals surface area (Å²) in [5.41, 5.74) is 3.58. The summed E-state index contributed by atoms with van der Waals surface area (Å²) < 4.78 is 12.9. The predicted octanol–water partition coefficient (Wildman–Crippen LogP) is 2.86. The molecule has 2 N–H and O–H groups in total. The van der Waals surface area contributed by atoms with Crippen molar-refractivity contribution in [3.05, 3.63) is 71.0 Å². The normalized spacial score (nSPS) is 13.8. The topological polar surface area (TPSA) is 56.7 Å². The quantitative estimate of drug-likeness (QED) is 0.459. The van der Waals surface area contributed by atoms with Crippen molar-refractivity contribution >= 4 is 11.9 Å². The summed E-state index contributed by atoms with van der Waals surface area (Å²) in [5, 5.41) is 6.41. The van der Waals surface area contributed by atoms with Crippen molar-refractivity contribution in [2.24, 2.45) is 4.99 Å². The molecule has 0 atom stereocenters. The first-order valence-electron chi connectivity index (χ1n) is 9.69. The summed E-state index contributed by atoms with van der Waals surface area (Å²) in [6, 6.07) is 14.7. The lowest BCUT2D eigenvalue weighted by Crippen LogP contribution is -2.38. The zero-order chi connectivity index (χ0) is 19.8. The number of halogens is 1. The van der Waals surface area contributed by atoms with Crippen LogP contribution in [-0.2, 0) is 24.3 Å². The molecule has 1 aliphatic heterocycles. The highest BCUT2D eigenvalue weighted by atomic mass is 19.1. The van der Waals surface area contributed by atoms with Crippen LogP contribution in [0.5, 0.6) is 0 Å². The number of carbonyl (C=O) groups is 1. The van der Waals surface area contributed by atoms with Gasteiger partial charge in [0.1, 0.15) is 5.82 Å². The molecule has 0 bridgehead atoms. The first kappa shape index (κ1) is 19.9. The van der Waals surface area contributed by atoms with Gasteiger partial charge in [-0.3, -0.25) is 9.79 Å². The van der Waals surface area contributed by atoms with E-state index < -0.39 is 0 Å². The molecule has 1 amide bonds. The number of guanidine groups is 1. The maximum absolute atomic E-state index is 12.9. The molecule has 0 aromatic heterocycles. The highest BCUT2D eigenvalue weighted by Gasteiger charge is 2.19. The van der Waals surface area contributed by atoms with Crippen LogP contribution in [0.15, 0.2) is 53.5 Å². The minimum Gasteiger partial charge on any atom is -0.356 e. The molecule has 0 saturated carbocycles. The van der Waals surface area contributed by atoms with Crippen LogP contribution in [0.3, 0.4) is 0 Å². The van der Waals surface area contributed by atoms with Crippen LogP contribution in [0, 0.1) is 5.82 Å². The van der Waals surface area contributed by atoms with Gasteiger partial charge in [-0.25, -0.2) is 4.39 Å². The molecule has 148 valence electrons. The van der Waals surface area contributed by atoms with E-state index in [2.05, 4.69) is 33.8 Å². The van der Waals surface area contributed by atoms with E-state index in [1.807, 2.05) is 11.0 Å². The largest absolute Gasteiger partial charge is 0.356 e. The van der Waals surface area contributed by atoms with Crippen LogP contribution in [0.1, 0.15) is 29.5 Å². The Balaban J connectivity index is 1.36. The third kappa shape index (κ3) is 5.55. The second-order valence-corrected chi connectivity index (χ2v) is 6.92. The lowest BCUT2D eigenvalue weighted by molar-refractivity contribution is -0.132. The molecular formula is C22H27FN4O. The van der Waals surface area contributed by atoms with E-state index in [4.69, 9.17) is 0 Å². The van der Waals surface area contributed by atoms with Gasteiger partial charge in [-0.2, -0.15) is 0 Å². The Morgan fingerprint density at radius 1 is 1.11 bits per heavy atom. The summed E-state index contributed by atoms with van der Waals surface area (Å²) in [5.74, 6) is 0.627. The second kappa shape index (κ2) is 9.88. The number of hydrogen-bond donors (Lipinski definition) is 2. The van der Waals surface area contributed by atoms with Crippen LogP contribution in [0.4, 0.5) is 4.39 Å². The number of rotatable bonds is 6. The monoisotopic (exact) mass is 382 g/mol. The zero-order valence-corrected chi connectivity index (χ0v) is 16.2. The Morgan fingerprint density at radius 3 is 2.61 bits per heavy atom. The van der Waals surface area contributed by atoms with Gasteiger partial charge < -0.3 is 15.5 Å². The summed E-state index contributed by atoms with van der Waals surface area (Å²) in [4.78, 5) is 18.6. The molecule has 5 nitrogen and oxygen atoms in total. The second-order valence-electron chi connectivity index (χ2n) is 6.92. The number of carbonyl (C=O) groups excluding carboxylic acids is 1. The fourth-order valence-corrected chi connectivity index (χ4v) is 3.32. The van der Waals surface area contributed by atoms with Crippen molar-refractivity contribution in [3.63, 3.8) is 0 Å². The molecule has 6 heteroatoms. The number of amides is 1. The van der Waals surface area contributed by atoms with Crippen molar-refractivity contribution in [2.75, 3.05) is 20.1 Å². The van der Waals surface area contributed by atoms with Crippen molar-refractivity contribution in [1.82, 2.24) is 15.5 Å². The fourth-order valence-electron chi connectivity index (χ4n) is 3.32. The molecule has 0 radical (unpaired) electrons. The van der Waals surface area contributed by atoms with E-state index >= 15 is 0 Å². The van der Waals surface area contributed by atoms with Gasteiger partial charge in [0, 0.05) is 39.6 Å². The zero-order valence-electron chi connectivity index (χ0n) is 16.2. The summed E-state index contributed by atoms with van der Waals surface area (Å²) in [6.07, 6.45) is 2.19. The van der Waals surface area contributed by atoms with Gasteiger partial charge in [-0.1, -0.05) is 36.4 Å². The van der Waals surface area contributed by atoms with Gasteiger partial charge in [0.25, 0.3) is 0 Å². The van der Waals surface area contributed by atoms with Crippen LogP contribution >= 0.6 is 0 Å². The first-order valence-corrected chi connectivity index (χ1v) is 9.69. The van der Waals surface area contributed by atoms with E-state index in [0.717, 1.165) is 24.9 Å². The SMILES string of the molecule is CN=C(NCCCC(=O)N1CCc2ccccc2C1)NCc1ccc(F)cc1. The van der Waals surface area contributed by atoms with Crippen LogP contribution in [0.25, 0.3) is 0 Å². The number of benzene rings is 2. The Labute approximate surface area is 165 Å². The smallest absolute Gasteiger partial charge is 0.222 e. The van der Waals surface area contributed by atoms with Gasteiger partial charge >= 0.3 is 0 Å². The van der Waals surface area contributed by atoms with Gasteiger partial charge in [0.05, 0.1) is 0 Å². The molecule has 3 rings (SSSR count). The molecule has 0 spiro atoms. The van der Waals surface area contributed by atoms with E-state index in [-0.39, 0.29) is 11.7 Å². The summed E-state index contributed by atoms with van der Waals surface area (Å²) >= 11 is 0. The van der Waals surface area contributed by atoms with Gasteiger partial charge in [0.15, 0.2) is 5.96 Å². The Morgan fingerprint density at radius 2 is 1.86 bits per heavy atom. The summed E-state index contributed by atoms with van der Waals surface area (Å²) in [6.45, 7) is 2.73. The molecule has 0 saturated heterocycles. The number of nitrogens with one attached hydrogen (secondary N) is 2. The van der Waals surface area contributed by atoms with Crippen LogP contribution < -0.4 is 10.6 Å². The van der Waals surface area contributed by atoms with Crippen molar-refractivity contribution in [3.8, 4) is 0 Å². The first-order chi connectivity index (χ1) is 13.7. The third-order valence-corrected chi connectivity index (χ3v) is 4.94. The van der Waals surface area contributed by atoms with Gasteiger partial charge in [-0.05, 0) is 41.7 Å². The van der Waals surface area contributed by atoms with Crippen LogP contribution in [0.2, 0.25) is 0 Å². The van der Waals surface area contributed by atoms with Crippen molar-refractivity contribution < 1.29 is 9.18 Å². The minimum absolute atomic E-state index is 0.200. The minimum atomic E-state index is -0.242. The third-order valence-electron chi connectivity index (χ3n) is 4.94. The van der Waals surface area contributed by atoms with Gasteiger partial charge in [-0.15, -0.1) is 0 Å². The Kier molecular flexibility index (Phi) is 7.00. The number of fused-ring (bicyclic) bond motifs is 1. The molecule has 0 fully saturated rings. The average Bonchev–Trinajstić information content (AvgIpc) is 2.74. The van der Waals surface area contributed by atoms with Crippen molar-refractivity contribution in [2.45, 2.75) is 32.4 Å². The highest BCUT2D eigenvalue weighted by Crippen LogP contribution is 2.19. The molecule has 2 aromatic rings. The van der Waals surface area contributed by atoms with E-state index in [0.29, 0.717) is 32.0 Å². The molecule has 1 aliphatic rings. The Hall–Kier alpha value is -2.89. The highest BCUT2D eigenvalue weighted by molar-refractivity contribution is 5.80. The molecule has 0 unspecified atom stereocenters. The van der Waals surface area contributed by atoms with Crippen LogP contribution in [-0.4, -0.2) is 36.9 Å².